The highest BCUT2D eigenvalue weighted by Crippen LogP contribution is 2.26. The Morgan fingerprint density at radius 1 is 1.15 bits per heavy atom. The van der Waals surface area contributed by atoms with Gasteiger partial charge in [0.25, 0.3) is 5.91 Å². The Labute approximate surface area is 194 Å². The molecule has 0 spiro atoms. The maximum absolute atomic E-state index is 13.5. The van der Waals surface area contributed by atoms with Crippen LogP contribution in [0.4, 0.5) is 10.2 Å². The van der Waals surface area contributed by atoms with Gasteiger partial charge in [-0.05, 0) is 48.7 Å². The lowest BCUT2D eigenvalue weighted by molar-refractivity contribution is 0.0696. The van der Waals surface area contributed by atoms with Crippen LogP contribution in [0.3, 0.4) is 0 Å². The van der Waals surface area contributed by atoms with E-state index in [0.717, 1.165) is 11.1 Å². The van der Waals surface area contributed by atoms with Gasteiger partial charge in [-0.15, -0.1) is 0 Å². The van der Waals surface area contributed by atoms with E-state index in [9.17, 15) is 14.0 Å². The quantitative estimate of drug-likeness (QED) is 0.383. The highest BCUT2D eigenvalue weighted by atomic mass is 19.1. The number of aromatic carboxylic acids is 1. The lowest BCUT2D eigenvalue weighted by Crippen LogP contribution is -2.24. The van der Waals surface area contributed by atoms with Crippen LogP contribution >= 0.6 is 0 Å². The molecule has 4 rings (SSSR count). The normalized spacial score (nSPS) is 11.9. The van der Waals surface area contributed by atoms with Crippen LogP contribution in [-0.2, 0) is 13.6 Å². The molecule has 4 aromatic rings. The lowest BCUT2D eigenvalue weighted by atomic mass is 10.1. The zero-order valence-electron chi connectivity index (χ0n) is 18.8. The van der Waals surface area contributed by atoms with Crippen molar-refractivity contribution in [2.75, 3.05) is 5.32 Å². The van der Waals surface area contributed by atoms with E-state index in [1.165, 1.54) is 17.1 Å². The molecular formula is C24H23FN6O3. The van der Waals surface area contributed by atoms with Crippen LogP contribution in [0, 0.1) is 12.7 Å². The van der Waals surface area contributed by atoms with Gasteiger partial charge in [0, 0.05) is 13.6 Å². The predicted molar refractivity (Wildman–Crippen MR) is 124 cm³/mol. The maximum Gasteiger partial charge on any atom is 0.335 e. The molecule has 10 heteroatoms. The third kappa shape index (κ3) is 4.56. The van der Waals surface area contributed by atoms with Crippen LogP contribution in [0.5, 0.6) is 0 Å². The maximum atomic E-state index is 13.5. The van der Waals surface area contributed by atoms with Gasteiger partial charge in [-0.3, -0.25) is 9.48 Å². The van der Waals surface area contributed by atoms with E-state index < -0.39 is 11.9 Å². The first-order chi connectivity index (χ1) is 16.2. The van der Waals surface area contributed by atoms with Crippen molar-refractivity contribution < 1.29 is 19.1 Å². The molecule has 0 aliphatic heterocycles. The van der Waals surface area contributed by atoms with E-state index in [1.807, 2.05) is 6.92 Å². The number of nitrogens with zero attached hydrogens (tertiary/aromatic N) is 4. The molecule has 0 saturated heterocycles. The van der Waals surface area contributed by atoms with Crippen molar-refractivity contribution in [1.29, 1.82) is 0 Å². The van der Waals surface area contributed by atoms with Crippen molar-refractivity contribution >= 4 is 28.7 Å². The number of fused-ring (bicyclic) bond motifs is 1. The molecule has 34 heavy (non-hydrogen) atoms. The summed E-state index contributed by atoms with van der Waals surface area (Å²) < 4.78 is 15.0. The average Bonchev–Trinajstić information content (AvgIpc) is 3.14. The summed E-state index contributed by atoms with van der Waals surface area (Å²) >= 11 is 0. The molecular weight excluding hydrogens is 439 g/mol. The van der Waals surface area contributed by atoms with Gasteiger partial charge in [0.1, 0.15) is 23.2 Å². The highest BCUT2D eigenvalue weighted by molar-refractivity contribution is 6.05. The summed E-state index contributed by atoms with van der Waals surface area (Å²) in [7, 11) is 1.70. The van der Waals surface area contributed by atoms with Gasteiger partial charge in [0.15, 0.2) is 11.5 Å². The summed E-state index contributed by atoms with van der Waals surface area (Å²) in [4.78, 5) is 32.4. The van der Waals surface area contributed by atoms with Crippen molar-refractivity contribution in [3.05, 3.63) is 82.6 Å². The standard InChI is InChI=1S/C24H23FN6O3/c1-13-10-15(4-9-18(13)25)11-26-23(32)20-21-19(27-12-28-20)22(30-31(21)3)29-14(2)16-5-7-17(8-6-16)24(33)34/h4-10,12,14H,11H2,1-3H3,(H,26,32)(H,29,30)(H,33,34). The van der Waals surface area contributed by atoms with E-state index in [1.54, 1.807) is 50.4 Å². The SMILES string of the molecule is Cc1cc(CNC(=O)c2ncnc3c(NC(C)c4ccc(C(=O)O)cc4)nn(C)c23)ccc1F. The molecule has 0 saturated carbocycles. The first-order valence-electron chi connectivity index (χ1n) is 10.6. The van der Waals surface area contributed by atoms with Gasteiger partial charge in [0.2, 0.25) is 0 Å². The molecule has 0 fully saturated rings. The van der Waals surface area contributed by atoms with Gasteiger partial charge < -0.3 is 15.7 Å². The molecule has 2 aromatic carbocycles. The summed E-state index contributed by atoms with van der Waals surface area (Å²) in [5.74, 6) is -1.21. The third-order valence-corrected chi connectivity index (χ3v) is 5.52. The summed E-state index contributed by atoms with van der Waals surface area (Å²) in [6.07, 6.45) is 1.30. The summed E-state index contributed by atoms with van der Waals surface area (Å²) in [5.41, 5.74) is 3.47. The zero-order chi connectivity index (χ0) is 24.4. The largest absolute Gasteiger partial charge is 0.478 e. The van der Waals surface area contributed by atoms with Gasteiger partial charge in [-0.1, -0.05) is 24.3 Å². The van der Waals surface area contributed by atoms with Crippen LogP contribution in [0.2, 0.25) is 0 Å². The topological polar surface area (TPSA) is 122 Å². The number of rotatable bonds is 7. The van der Waals surface area contributed by atoms with E-state index in [-0.39, 0.29) is 29.7 Å². The Balaban J connectivity index is 1.55. The van der Waals surface area contributed by atoms with Crippen molar-refractivity contribution in [2.24, 2.45) is 7.05 Å². The predicted octanol–water partition coefficient (Wildman–Crippen LogP) is 3.61. The van der Waals surface area contributed by atoms with Crippen LogP contribution in [0.15, 0.2) is 48.8 Å². The summed E-state index contributed by atoms with van der Waals surface area (Å²) in [6, 6.07) is 11.0. The summed E-state index contributed by atoms with van der Waals surface area (Å²) in [6.45, 7) is 3.80. The first kappa shape index (κ1) is 22.8. The Kier molecular flexibility index (Phi) is 6.22. The number of carboxylic acid groups (broad SMARTS) is 1. The Morgan fingerprint density at radius 2 is 1.88 bits per heavy atom. The van der Waals surface area contributed by atoms with Crippen molar-refractivity contribution in [2.45, 2.75) is 26.4 Å². The molecule has 0 aliphatic carbocycles. The zero-order valence-corrected chi connectivity index (χ0v) is 18.8. The Morgan fingerprint density at radius 3 is 2.56 bits per heavy atom. The Hall–Kier alpha value is -4.34. The fraction of sp³-hybridized carbons (Fsp3) is 0.208. The molecule has 3 N–H and O–H groups in total. The summed E-state index contributed by atoms with van der Waals surface area (Å²) in [5, 5.41) is 19.6. The molecule has 1 amide bonds. The number of carboxylic acids is 1. The van der Waals surface area contributed by atoms with Crippen molar-refractivity contribution in [3.8, 4) is 0 Å². The number of hydrogen-bond donors (Lipinski definition) is 3. The number of amides is 1. The van der Waals surface area contributed by atoms with Gasteiger partial charge in [-0.25, -0.2) is 19.2 Å². The monoisotopic (exact) mass is 462 g/mol. The molecule has 0 bridgehead atoms. The second-order valence-corrected chi connectivity index (χ2v) is 7.95. The first-order valence-corrected chi connectivity index (χ1v) is 10.6. The fourth-order valence-corrected chi connectivity index (χ4v) is 3.65. The number of aromatic nitrogens is 4. The molecule has 9 nitrogen and oxygen atoms in total. The average molecular weight is 462 g/mol. The van der Waals surface area contributed by atoms with E-state index in [0.29, 0.717) is 22.4 Å². The number of carbonyl (C=O) groups excluding carboxylic acids is 1. The third-order valence-electron chi connectivity index (χ3n) is 5.52. The second-order valence-electron chi connectivity index (χ2n) is 7.95. The number of hydrogen-bond acceptors (Lipinski definition) is 6. The number of halogens is 1. The minimum atomic E-state index is -0.986. The second kappa shape index (κ2) is 9.26. The molecule has 0 radical (unpaired) electrons. The highest BCUT2D eigenvalue weighted by Gasteiger charge is 2.21. The molecule has 2 heterocycles. The molecule has 1 atom stereocenters. The molecule has 174 valence electrons. The number of benzene rings is 2. The molecule has 2 aromatic heterocycles. The van der Waals surface area contributed by atoms with Crippen LogP contribution < -0.4 is 10.6 Å². The van der Waals surface area contributed by atoms with Crippen LogP contribution in [-0.4, -0.2) is 36.7 Å². The van der Waals surface area contributed by atoms with Crippen molar-refractivity contribution in [1.82, 2.24) is 25.1 Å². The number of carbonyl (C=O) groups is 2. The number of anilines is 1. The minimum absolute atomic E-state index is 0.172. The van der Waals surface area contributed by atoms with Crippen LogP contribution in [0.1, 0.15) is 50.5 Å². The fourth-order valence-electron chi connectivity index (χ4n) is 3.65. The lowest BCUT2D eigenvalue weighted by Gasteiger charge is -2.14. The van der Waals surface area contributed by atoms with Gasteiger partial charge in [0.05, 0.1) is 11.6 Å². The van der Waals surface area contributed by atoms with E-state index >= 15 is 0 Å². The minimum Gasteiger partial charge on any atom is -0.478 e. The van der Waals surface area contributed by atoms with Gasteiger partial charge >= 0.3 is 5.97 Å². The smallest absolute Gasteiger partial charge is 0.335 e. The van der Waals surface area contributed by atoms with E-state index in [4.69, 9.17) is 5.11 Å². The number of nitrogens with one attached hydrogen (secondary N) is 2. The molecule has 1 unspecified atom stereocenters. The van der Waals surface area contributed by atoms with E-state index in [2.05, 4.69) is 25.7 Å². The molecule has 0 aliphatic rings. The Bertz CT molecular complexity index is 1380. The van der Waals surface area contributed by atoms with Crippen LogP contribution in [0.25, 0.3) is 11.0 Å². The van der Waals surface area contributed by atoms with Gasteiger partial charge in [-0.2, -0.15) is 5.10 Å². The number of aryl methyl sites for hydroxylation is 2. The van der Waals surface area contributed by atoms with Crippen molar-refractivity contribution in [3.63, 3.8) is 0 Å².